The van der Waals surface area contributed by atoms with E-state index < -0.39 is 0 Å². The summed E-state index contributed by atoms with van der Waals surface area (Å²) >= 11 is 0. The first-order valence-corrected chi connectivity index (χ1v) is 6.57. The summed E-state index contributed by atoms with van der Waals surface area (Å²) in [4.78, 5) is 28.4. The Morgan fingerprint density at radius 3 is 2.33 bits per heavy atom. The van der Waals surface area contributed by atoms with Gasteiger partial charge in [-0.05, 0) is 0 Å². The third kappa shape index (κ3) is 3.68. The number of nitrogens with zero attached hydrogens (tertiary/aromatic N) is 3. The lowest BCUT2D eigenvalue weighted by atomic mass is 10.2. The fourth-order valence-electron chi connectivity index (χ4n) is 2.31. The van der Waals surface area contributed by atoms with Gasteiger partial charge in [-0.25, -0.2) is 0 Å². The summed E-state index contributed by atoms with van der Waals surface area (Å²) in [5.74, 6) is 0.201. The minimum atomic E-state index is 0.201. The van der Waals surface area contributed by atoms with Gasteiger partial charge in [0.1, 0.15) is 0 Å². The Labute approximate surface area is 107 Å². The maximum atomic E-state index is 12.0. The van der Waals surface area contributed by atoms with Crippen LogP contribution in [0.15, 0.2) is 0 Å². The van der Waals surface area contributed by atoms with Crippen LogP contribution in [0, 0.1) is 0 Å². The number of rotatable bonds is 4. The minimum Gasteiger partial charge on any atom is -0.379 e. The van der Waals surface area contributed by atoms with Gasteiger partial charge < -0.3 is 14.5 Å². The number of ether oxygens (including phenoxy) is 1. The Morgan fingerprint density at radius 1 is 1.06 bits per heavy atom. The summed E-state index contributed by atoms with van der Waals surface area (Å²) in [7, 11) is 0. The Bertz CT molecular complexity index is 284. The number of morpholine rings is 1. The third-order valence-corrected chi connectivity index (χ3v) is 3.56. The number of hydrogen-bond donors (Lipinski definition) is 0. The molecule has 6 heteroatoms. The van der Waals surface area contributed by atoms with E-state index in [4.69, 9.17) is 4.74 Å². The summed E-state index contributed by atoms with van der Waals surface area (Å²) in [5, 5.41) is 0. The van der Waals surface area contributed by atoms with Crippen LogP contribution in [-0.2, 0) is 14.3 Å². The first-order chi connectivity index (χ1) is 8.79. The molecule has 102 valence electrons. The van der Waals surface area contributed by atoms with E-state index in [0.29, 0.717) is 32.6 Å². The van der Waals surface area contributed by atoms with E-state index in [0.717, 1.165) is 39.3 Å². The first kappa shape index (κ1) is 13.3. The zero-order valence-electron chi connectivity index (χ0n) is 10.7. The number of hydrogen-bond acceptors (Lipinski definition) is 4. The first-order valence-electron chi connectivity index (χ1n) is 6.57. The number of piperazine rings is 1. The molecule has 0 bridgehead atoms. The van der Waals surface area contributed by atoms with Gasteiger partial charge in [-0.3, -0.25) is 14.5 Å². The lowest BCUT2D eigenvalue weighted by Gasteiger charge is -2.33. The van der Waals surface area contributed by atoms with Crippen molar-refractivity contribution in [1.82, 2.24) is 14.7 Å². The molecule has 0 aliphatic carbocycles. The van der Waals surface area contributed by atoms with Gasteiger partial charge in [-0.2, -0.15) is 0 Å². The molecule has 2 saturated heterocycles. The molecule has 2 rings (SSSR count). The Morgan fingerprint density at radius 2 is 1.72 bits per heavy atom. The molecule has 0 spiro atoms. The van der Waals surface area contributed by atoms with Crippen molar-refractivity contribution in [2.24, 2.45) is 0 Å². The number of carbonyl (C=O) groups is 2. The lowest BCUT2D eigenvalue weighted by molar-refractivity contribution is -0.135. The molecule has 0 radical (unpaired) electrons. The SMILES string of the molecule is O=CN1CCN(C(=O)CCN2CCOCC2)CC1. The second-order valence-electron chi connectivity index (χ2n) is 4.73. The molecule has 2 aliphatic rings. The lowest BCUT2D eigenvalue weighted by Crippen LogP contribution is -2.49. The average molecular weight is 255 g/mol. The maximum Gasteiger partial charge on any atom is 0.223 e. The monoisotopic (exact) mass is 255 g/mol. The number of amides is 2. The molecular formula is C12H21N3O3. The molecule has 0 unspecified atom stereocenters. The Hall–Kier alpha value is -1.14. The summed E-state index contributed by atoms with van der Waals surface area (Å²) in [6, 6.07) is 0. The second kappa shape index (κ2) is 6.70. The van der Waals surface area contributed by atoms with Crippen LogP contribution in [0.2, 0.25) is 0 Å². The van der Waals surface area contributed by atoms with Crippen LogP contribution in [0.1, 0.15) is 6.42 Å². The molecule has 2 amide bonds. The highest BCUT2D eigenvalue weighted by atomic mass is 16.5. The second-order valence-corrected chi connectivity index (χ2v) is 4.73. The average Bonchev–Trinajstić information content (AvgIpc) is 2.46. The fourth-order valence-corrected chi connectivity index (χ4v) is 2.31. The minimum absolute atomic E-state index is 0.201. The highest BCUT2D eigenvalue weighted by Crippen LogP contribution is 2.04. The van der Waals surface area contributed by atoms with E-state index >= 15 is 0 Å². The van der Waals surface area contributed by atoms with Crippen molar-refractivity contribution in [3.8, 4) is 0 Å². The predicted octanol–water partition coefficient (Wildman–Crippen LogP) is -0.991. The Balaban J connectivity index is 1.66. The van der Waals surface area contributed by atoms with Crippen molar-refractivity contribution in [3.63, 3.8) is 0 Å². The van der Waals surface area contributed by atoms with Crippen molar-refractivity contribution in [2.75, 3.05) is 59.0 Å². The van der Waals surface area contributed by atoms with Crippen LogP contribution in [0.25, 0.3) is 0 Å². The highest BCUT2D eigenvalue weighted by Gasteiger charge is 2.20. The molecule has 0 N–H and O–H groups in total. The zero-order valence-corrected chi connectivity index (χ0v) is 10.7. The van der Waals surface area contributed by atoms with Gasteiger partial charge in [0.15, 0.2) is 0 Å². The van der Waals surface area contributed by atoms with Crippen molar-refractivity contribution in [3.05, 3.63) is 0 Å². The van der Waals surface area contributed by atoms with Gasteiger partial charge in [-0.1, -0.05) is 0 Å². The Kier molecular flexibility index (Phi) is 4.95. The molecule has 18 heavy (non-hydrogen) atoms. The number of carbonyl (C=O) groups excluding carboxylic acids is 2. The smallest absolute Gasteiger partial charge is 0.223 e. The molecule has 2 heterocycles. The van der Waals surface area contributed by atoms with Crippen LogP contribution in [0.4, 0.5) is 0 Å². The van der Waals surface area contributed by atoms with Gasteiger partial charge in [0, 0.05) is 52.2 Å². The molecule has 0 aromatic rings. The zero-order chi connectivity index (χ0) is 12.8. The van der Waals surface area contributed by atoms with Crippen molar-refractivity contribution >= 4 is 12.3 Å². The predicted molar refractivity (Wildman–Crippen MR) is 66.1 cm³/mol. The van der Waals surface area contributed by atoms with E-state index in [1.807, 2.05) is 4.90 Å². The molecule has 0 aromatic heterocycles. The fraction of sp³-hybridized carbons (Fsp3) is 0.833. The maximum absolute atomic E-state index is 12.0. The molecule has 6 nitrogen and oxygen atoms in total. The molecule has 0 aromatic carbocycles. The van der Waals surface area contributed by atoms with Gasteiger partial charge in [0.2, 0.25) is 12.3 Å². The molecular weight excluding hydrogens is 234 g/mol. The summed E-state index contributed by atoms with van der Waals surface area (Å²) < 4.78 is 5.27. The van der Waals surface area contributed by atoms with Crippen molar-refractivity contribution in [2.45, 2.75) is 6.42 Å². The van der Waals surface area contributed by atoms with E-state index in [1.54, 1.807) is 4.90 Å². The molecule has 0 atom stereocenters. The van der Waals surface area contributed by atoms with E-state index in [2.05, 4.69) is 4.90 Å². The van der Waals surface area contributed by atoms with Crippen LogP contribution >= 0.6 is 0 Å². The van der Waals surface area contributed by atoms with E-state index in [1.165, 1.54) is 0 Å². The topological polar surface area (TPSA) is 53.1 Å². The van der Waals surface area contributed by atoms with Gasteiger partial charge in [-0.15, -0.1) is 0 Å². The molecule has 2 fully saturated rings. The van der Waals surface area contributed by atoms with Gasteiger partial charge in [0.05, 0.1) is 13.2 Å². The highest BCUT2D eigenvalue weighted by molar-refractivity contribution is 5.76. The van der Waals surface area contributed by atoms with E-state index in [-0.39, 0.29) is 5.91 Å². The summed E-state index contributed by atoms with van der Waals surface area (Å²) in [5.41, 5.74) is 0. The van der Waals surface area contributed by atoms with Crippen molar-refractivity contribution < 1.29 is 14.3 Å². The van der Waals surface area contributed by atoms with Crippen molar-refractivity contribution in [1.29, 1.82) is 0 Å². The van der Waals surface area contributed by atoms with Gasteiger partial charge >= 0.3 is 0 Å². The standard InChI is InChI=1S/C12H21N3O3/c16-11-14-3-5-15(6-4-14)12(17)1-2-13-7-9-18-10-8-13/h11H,1-10H2. The van der Waals surface area contributed by atoms with Crippen LogP contribution in [0.5, 0.6) is 0 Å². The van der Waals surface area contributed by atoms with Crippen LogP contribution in [0.3, 0.4) is 0 Å². The van der Waals surface area contributed by atoms with Crippen LogP contribution < -0.4 is 0 Å². The summed E-state index contributed by atoms with van der Waals surface area (Å²) in [6.07, 6.45) is 1.43. The molecule has 0 saturated carbocycles. The van der Waals surface area contributed by atoms with Crippen LogP contribution in [-0.4, -0.2) is 86.0 Å². The summed E-state index contributed by atoms with van der Waals surface area (Å²) in [6.45, 7) is 6.86. The quantitative estimate of drug-likeness (QED) is 0.605. The largest absolute Gasteiger partial charge is 0.379 e. The normalized spacial score (nSPS) is 22.0. The third-order valence-electron chi connectivity index (χ3n) is 3.56. The molecule has 2 aliphatic heterocycles. The van der Waals surface area contributed by atoms with Gasteiger partial charge in [0.25, 0.3) is 0 Å². The van der Waals surface area contributed by atoms with E-state index in [9.17, 15) is 9.59 Å².